The lowest BCUT2D eigenvalue weighted by Crippen LogP contribution is -2.31. The van der Waals surface area contributed by atoms with Crippen LogP contribution in [0.4, 0.5) is 0 Å². The number of ether oxygens (including phenoxy) is 2. The topological polar surface area (TPSA) is 48.3 Å². The molecule has 1 atom stereocenters. The standard InChI is InChI=1S/C15H21N3O2/c1-12(16-10-15(19-2)20-3)13-9-17-18(11-13)14-7-5-4-6-8-14/h4-9,11-12,15-16H,10H2,1-3H3. The first-order valence-electron chi connectivity index (χ1n) is 6.63. The molecule has 0 saturated carbocycles. The van der Waals surface area contributed by atoms with Gasteiger partial charge in [-0.2, -0.15) is 5.10 Å². The lowest BCUT2D eigenvalue weighted by Gasteiger charge is -2.17. The Bertz CT molecular complexity index is 509. The molecule has 20 heavy (non-hydrogen) atoms. The summed E-state index contributed by atoms with van der Waals surface area (Å²) < 4.78 is 12.2. The van der Waals surface area contributed by atoms with Gasteiger partial charge in [0.15, 0.2) is 6.29 Å². The third-order valence-corrected chi connectivity index (χ3v) is 3.24. The van der Waals surface area contributed by atoms with E-state index in [1.807, 2.05) is 47.4 Å². The molecule has 0 spiro atoms. The Hall–Kier alpha value is -1.69. The molecular formula is C15H21N3O2. The van der Waals surface area contributed by atoms with E-state index in [4.69, 9.17) is 9.47 Å². The first kappa shape index (κ1) is 14.7. The zero-order valence-electron chi connectivity index (χ0n) is 12.1. The highest BCUT2D eigenvalue weighted by Gasteiger charge is 2.11. The number of para-hydroxylation sites is 1. The number of benzene rings is 1. The fraction of sp³-hybridized carbons (Fsp3) is 0.400. The molecule has 1 aromatic heterocycles. The molecule has 0 bridgehead atoms. The minimum atomic E-state index is -0.235. The number of aromatic nitrogens is 2. The van der Waals surface area contributed by atoms with Crippen LogP contribution in [0, 0.1) is 0 Å². The summed E-state index contributed by atoms with van der Waals surface area (Å²) >= 11 is 0. The van der Waals surface area contributed by atoms with E-state index in [1.165, 1.54) is 0 Å². The van der Waals surface area contributed by atoms with E-state index in [2.05, 4.69) is 17.3 Å². The molecular weight excluding hydrogens is 254 g/mol. The molecule has 2 aromatic rings. The van der Waals surface area contributed by atoms with E-state index in [1.54, 1.807) is 14.2 Å². The van der Waals surface area contributed by atoms with E-state index in [9.17, 15) is 0 Å². The molecule has 5 heteroatoms. The molecule has 2 rings (SSSR count). The van der Waals surface area contributed by atoms with Crippen LogP contribution >= 0.6 is 0 Å². The third kappa shape index (κ3) is 3.66. The lowest BCUT2D eigenvalue weighted by atomic mass is 10.2. The molecule has 0 saturated heterocycles. The van der Waals surface area contributed by atoms with Crippen molar-refractivity contribution in [1.29, 1.82) is 0 Å². The smallest absolute Gasteiger partial charge is 0.169 e. The van der Waals surface area contributed by atoms with Gasteiger partial charge in [0.25, 0.3) is 0 Å². The minimum Gasteiger partial charge on any atom is -0.355 e. The van der Waals surface area contributed by atoms with Crippen molar-refractivity contribution in [3.63, 3.8) is 0 Å². The Kier molecular flexibility index (Phi) is 5.29. The van der Waals surface area contributed by atoms with Gasteiger partial charge in [0.1, 0.15) is 0 Å². The average Bonchev–Trinajstić information content (AvgIpc) is 2.99. The molecule has 108 valence electrons. The van der Waals surface area contributed by atoms with Crippen LogP contribution in [0.5, 0.6) is 0 Å². The maximum absolute atomic E-state index is 5.15. The van der Waals surface area contributed by atoms with Gasteiger partial charge >= 0.3 is 0 Å². The SMILES string of the molecule is COC(CNC(C)c1cnn(-c2ccccc2)c1)OC. The van der Waals surface area contributed by atoms with Gasteiger partial charge in [0.2, 0.25) is 0 Å². The van der Waals surface area contributed by atoms with Crippen LogP contribution in [0.25, 0.3) is 5.69 Å². The highest BCUT2D eigenvalue weighted by molar-refractivity contribution is 5.31. The normalized spacial score (nSPS) is 12.8. The van der Waals surface area contributed by atoms with Crippen LogP contribution in [-0.2, 0) is 9.47 Å². The fourth-order valence-electron chi connectivity index (χ4n) is 1.94. The zero-order chi connectivity index (χ0) is 14.4. The number of hydrogen-bond acceptors (Lipinski definition) is 4. The van der Waals surface area contributed by atoms with Gasteiger partial charge in [0.05, 0.1) is 11.9 Å². The first-order valence-corrected chi connectivity index (χ1v) is 6.63. The minimum absolute atomic E-state index is 0.181. The summed E-state index contributed by atoms with van der Waals surface area (Å²) in [5, 5.41) is 7.75. The van der Waals surface area contributed by atoms with Crippen molar-refractivity contribution in [2.24, 2.45) is 0 Å². The Morgan fingerprint density at radius 2 is 1.90 bits per heavy atom. The largest absolute Gasteiger partial charge is 0.355 e. The van der Waals surface area contributed by atoms with Crippen molar-refractivity contribution in [3.05, 3.63) is 48.3 Å². The molecule has 0 aliphatic carbocycles. The fourth-order valence-corrected chi connectivity index (χ4v) is 1.94. The second-order valence-corrected chi connectivity index (χ2v) is 4.58. The predicted molar refractivity (Wildman–Crippen MR) is 77.8 cm³/mol. The molecule has 0 radical (unpaired) electrons. The van der Waals surface area contributed by atoms with Crippen molar-refractivity contribution in [2.75, 3.05) is 20.8 Å². The summed E-state index contributed by atoms with van der Waals surface area (Å²) in [4.78, 5) is 0. The van der Waals surface area contributed by atoms with Crippen LogP contribution in [-0.4, -0.2) is 36.8 Å². The van der Waals surface area contributed by atoms with Crippen LogP contribution in [0.2, 0.25) is 0 Å². The van der Waals surface area contributed by atoms with Gasteiger partial charge in [-0.05, 0) is 19.1 Å². The number of hydrogen-bond donors (Lipinski definition) is 1. The Morgan fingerprint density at radius 3 is 2.55 bits per heavy atom. The lowest BCUT2D eigenvalue weighted by molar-refractivity contribution is -0.0997. The van der Waals surface area contributed by atoms with E-state index in [0.717, 1.165) is 11.3 Å². The van der Waals surface area contributed by atoms with Crippen LogP contribution < -0.4 is 5.32 Å². The molecule has 0 amide bonds. The van der Waals surface area contributed by atoms with Crippen molar-refractivity contribution in [3.8, 4) is 5.69 Å². The Morgan fingerprint density at radius 1 is 1.20 bits per heavy atom. The summed E-state index contributed by atoms with van der Waals surface area (Å²) in [7, 11) is 3.27. The molecule has 1 unspecified atom stereocenters. The van der Waals surface area contributed by atoms with Gasteiger partial charge in [-0.15, -0.1) is 0 Å². The van der Waals surface area contributed by atoms with Gasteiger partial charge in [-0.3, -0.25) is 0 Å². The maximum Gasteiger partial charge on any atom is 0.169 e. The van der Waals surface area contributed by atoms with Crippen molar-refractivity contribution >= 4 is 0 Å². The second-order valence-electron chi connectivity index (χ2n) is 4.58. The van der Waals surface area contributed by atoms with Crippen LogP contribution in [0.3, 0.4) is 0 Å². The van der Waals surface area contributed by atoms with Crippen LogP contribution in [0.15, 0.2) is 42.7 Å². The molecule has 0 aliphatic heterocycles. The van der Waals surface area contributed by atoms with E-state index in [-0.39, 0.29) is 12.3 Å². The molecule has 1 heterocycles. The molecule has 1 N–H and O–H groups in total. The van der Waals surface area contributed by atoms with Crippen molar-refractivity contribution in [2.45, 2.75) is 19.3 Å². The van der Waals surface area contributed by atoms with Crippen molar-refractivity contribution in [1.82, 2.24) is 15.1 Å². The van der Waals surface area contributed by atoms with Gasteiger partial charge < -0.3 is 14.8 Å². The van der Waals surface area contributed by atoms with Gasteiger partial charge in [-0.1, -0.05) is 18.2 Å². The molecule has 1 aromatic carbocycles. The quantitative estimate of drug-likeness (QED) is 0.787. The Balaban J connectivity index is 1.98. The number of methoxy groups -OCH3 is 2. The van der Waals surface area contributed by atoms with Crippen molar-refractivity contribution < 1.29 is 9.47 Å². The molecule has 5 nitrogen and oxygen atoms in total. The number of nitrogens with one attached hydrogen (secondary N) is 1. The van der Waals surface area contributed by atoms with Gasteiger partial charge in [0, 0.05) is 38.6 Å². The zero-order valence-corrected chi connectivity index (χ0v) is 12.1. The first-order chi connectivity index (χ1) is 9.74. The third-order valence-electron chi connectivity index (χ3n) is 3.24. The summed E-state index contributed by atoms with van der Waals surface area (Å²) in [5.74, 6) is 0. The summed E-state index contributed by atoms with van der Waals surface area (Å²) in [6.45, 7) is 2.72. The average molecular weight is 275 g/mol. The van der Waals surface area contributed by atoms with E-state index < -0.39 is 0 Å². The van der Waals surface area contributed by atoms with Gasteiger partial charge in [-0.25, -0.2) is 4.68 Å². The summed E-state index contributed by atoms with van der Waals surface area (Å²) in [5.41, 5.74) is 2.18. The summed E-state index contributed by atoms with van der Waals surface area (Å²) in [6, 6.07) is 10.2. The summed E-state index contributed by atoms with van der Waals surface area (Å²) in [6.07, 6.45) is 3.67. The maximum atomic E-state index is 5.15. The van der Waals surface area contributed by atoms with E-state index in [0.29, 0.717) is 6.54 Å². The number of rotatable bonds is 7. The predicted octanol–water partition coefficient (Wildman–Crippen LogP) is 2.14. The second kappa shape index (κ2) is 7.19. The monoisotopic (exact) mass is 275 g/mol. The molecule has 0 aliphatic rings. The highest BCUT2D eigenvalue weighted by Crippen LogP contribution is 2.14. The molecule has 0 fully saturated rings. The Labute approximate surface area is 119 Å². The number of nitrogens with zero attached hydrogens (tertiary/aromatic N) is 2. The van der Waals surface area contributed by atoms with Crippen LogP contribution in [0.1, 0.15) is 18.5 Å². The highest BCUT2D eigenvalue weighted by atomic mass is 16.7. The van der Waals surface area contributed by atoms with E-state index >= 15 is 0 Å².